The van der Waals surface area contributed by atoms with E-state index in [0.717, 1.165) is 13.2 Å². The Morgan fingerprint density at radius 1 is 1.30 bits per heavy atom. The van der Waals surface area contributed by atoms with Gasteiger partial charge in [-0.25, -0.2) is 0 Å². The third-order valence-electron chi connectivity index (χ3n) is 2.31. The summed E-state index contributed by atoms with van der Waals surface area (Å²) in [4.78, 5) is 0. The zero-order valence-electron chi connectivity index (χ0n) is 7.10. The van der Waals surface area contributed by atoms with Gasteiger partial charge in [-0.2, -0.15) is 0 Å². The summed E-state index contributed by atoms with van der Waals surface area (Å²) in [7, 11) is 2.33. The van der Waals surface area contributed by atoms with Crippen LogP contribution in [0.5, 0.6) is 0 Å². The highest BCUT2D eigenvalue weighted by Gasteiger charge is 2.23. The lowest BCUT2D eigenvalue weighted by Gasteiger charge is -2.37. The van der Waals surface area contributed by atoms with E-state index in [1.165, 1.54) is 30.5 Å². The van der Waals surface area contributed by atoms with Crippen LogP contribution in [0.15, 0.2) is 0 Å². The lowest BCUT2D eigenvalue weighted by molar-refractivity contribution is -0.916. The molecule has 60 valence electrons. The summed E-state index contributed by atoms with van der Waals surface area (Å²) in [5.41, 5.74) is 0. The van der Waals surface area contributed by atoms with Gasteiger partial charge in [-0.3, -0.25) is 0 Å². The molecule has 1 aliphatic rings. The zero-order chi connectivity index (χ0) is 7.45. The molecule has 1 saturated heterocycles. The molecule has 0 aromatic rings. The number of ether oxygens (including phenoxy) is 1. The quantitative estimate of drug-likeness (QED) is 0.523. The fourth-order valence-electron chi connectivity index (χ4n) is 1.55. The highest BCUT2D eigenvalue weighted by Crippen LogP contribution is 2.07. The van der Waals surface area contributed by atoms with Crippen molar-refractivity contribution in [3.63, 3.8) is 0 Å². The van der Waals surface area contributed by atoms with E-state index in [4.69, 9.17) is 4.74 Å². The first kappa shape index (κ1) is 8.02. The number of hydrogen-bond acceptors (Lipinski definition) is 1. The fourth-order valence-corrected chi connectivity index (χ4v) is 1.55. The highest BCUT2D eigenvalue weighted by molar-refractivity contribution is 4.45. The molecule has 1 fully saturated rings. The maximum Gasteiger partial charge on any atom is 0.102 e. The topological polar surface area (TPSA) is 9.23 Å². The second-order valence-corrected chi connectivity index (χ2v) is 3.40. The molecule has 2 nitrogen and oxygen atoms in total. The first-order chi connectivity index (χ1) is 4.77. The minimum Gasteiger partial charge on any atom is -0.370 e. The molecule has 0 unspecified atom stereocenters. The van der Waals surface area contributed by atoms with Gasteiger partial charge in [0.2, 0.25) is 0 Å². The second kappa shape index (κ2) is 3.35. The second-order valence-electron chi connectivity index (χ2n) is 3.40. The van der Waals surface area contributed by atoms with E-state index < -0.39 is 0 Å². The number of quaternary nitrogens is 1. The van der Waals surface area contributed by atoms with Crippen LogP contribution >= 0.6 is 0 Å². The molecule has 0 aromatic carbocycles. The van der Waals surface area contributed by atoms with Crippen molar-refractivity contribution in [2.24, 2.45) is 0 Å². The van der Waals surface area contributed by atoms with Gasteiger partial charge >= 0.3 is 0 Å². The molecule has 0 aliphatic carbocycles. The molecule has 0 saturated carbocycles. The van der Waals surface area contributed by atoms with Crippen molar-refractivity contribution in [3.8, 4) is 0 Å². The van der Waals surface area contributed by atoms with Crippen LogP contribution in [0.1, 0.15) is 13.3 Å². The summed E-state index contributed by atoms with van der Waals surface area (Å²) in [5.74, 6) is 0. The van der Waals surface area contributed by atoms with Crippen LogP contribution < -0.4 is 0 Å². The van der Waals surface area contributed by atoms with Crippen LogP contribution in [0.4, 0.5) is 0 Å². The van der Waals surface area contributed by atoms with Gasteiger partial charge in [-0.15, -0.1) is 0 Å². The van der Waals surface area contributed by atoms with E-state index in [1.54, 1.807) is 0 Å². The monoisotopic (exact) mass is 144 g/mol. The van der Waals surface area contributed by atoms with Crippen molar-refractivity contribution in [1.82, 2.24) is 0 Å². The van der Waals surface area contributed by atoms with Gasteiger partial charge in [-0.05, 0) is 6.42 Å². The molecule has 2 heteroatoms. The lowest BCUT2D eigenvalue weighted by atomic mass is 10.3. The molecule has 1 rings (SSSR count). The SMILES string of the molecule is CCC[N+]1(C)CCOCC1. The largest absolute Gasteiger partial charge is 0.370 e. The molecule has 0 aromatic heterocycles. The molecule has 1 aliphatic heterocycles. The van der Waals surface area contributed by atoms with Crippen LogP contribution in [0.3, 0.4) is 0 Å². The fraction of sp³-hybridized carbons (Fsp3) is 1.00. The van der Waals surface area contributed by atoms with Crippen LogP contribution in [-0.4, -0.2) is 44.4 Å². The summed E-state index contributed by atoms with van der Waals surface area (Å²) in [5, 5.41) is 0. The minimum absolute atomic E-state index is 0.955. The summed E-state index contributed by atoms with van der Waals surface area (Å²) in [6.07, 6.45) is 1.29. The molecule has 0 amide bonds. The average Bonchev–Trinajstić information content (AvgIpc) is 1.89. The van der Waals surface area contributed by atoms with Crippen molar-refractivity contribution in [2.45, 2.75) is 13.3 Å². The normalized spacial score (nSPS) is 24.6. The molecule has 0 atom stereocenters. The Kier molecular flexibility index (Phi) is 2.69. The molecule has 0 spiro atoms. The number of morpholine rings is 1. The average molecular weight is 144 g/mol. The van der Waals surface area contributed by atoms with E-state index in [0.29, 0.717) is 0 Å². The van der Waals surface area contributed by atoms with Crippen molar-refractivity contribution in [1.29, 1.82) is 0 Å². The lowest BCUT2D eigenvalue weighted by Crippen LogP contribution is -2.52. The Morgan fingerprint density at radius 2 is 1.90 bits per heavy atom. The molecule has 0 N–H and O–H groups in total. The first-order valence-electron chi connectivity index (χ1n) is 4.18. The Morgan fingerprint density at radius 3 is 2.40 bits per heavy atom. The van der Waals surface area contributed by atoms with Gasteiger partial charge in [0.1, 0.15) is 13.1 Å². The number of likely N-dealkylation sites (N-methyl/N-ethyl adjacent to an activating group) is 1. The predicted octanol–water partition coefficient (Wildman–Crippen LogP) is 0.873. The smallest absolute Gasteiger partial charge is 0.102 e. The molecule has 0 bridgehead atoms. The number of nitrogens with zero attached hydrogens (tertiary/aromatic N) is 1. The van der Waals surface area contributed by atoms with Crippen molar-refractivity contribution in [3.05, 3.63) is 0 Å². The summed E-state index contributed by atoms with van der Waals surface area (Å²) in [6, 6.07) is 0. The van der Waals surface area contributed by atoms with Gasteiger partial charge < -0.3 is 9.22 Å². The Bertz CT molecular complexity index is 91.9. The summed E-state index contributed by atoms with van der Waals surface area (Å²) >= 11 is 0. The highest BCUT2D eigenvalue weighted by atomic mass is 16.5. The Labute approximate surface area is 63.4 Å². The number of rotatable bonds is 2. The van der Waals surface area contributed by atoms with Crippen molar-refractivity contribution in [2.75, 3.05) is 39.9 Å². The maximum absolute atomic E-state index is 5.30. The molecule has 0 radical (unpaired) electrons. The summed E-state index contributed by atoms with van der Waals surface area (Å²) < 4.78 is 6.51. The predicted molar refractivity (Wildman–Crippen MR) is 41.9 cm³/mol. The maximum atomic E-state index is 5.30. The number of hydrogen-bond donors (Lipinski definition) is 0. The Balaban J connectivity index is 2.32. The molecule has 1 heterocycles. The van der Waals surface area contributed by atoms with Crippen LogP contribution in [0.25, 0.3) is 0 Å². The molecular formula is C8H18NO+. The van der Waals surface area contributed by atoms with Gasteiger partial charge in [0, 0.05) is 0 Å². The van der Waals surface area contributed by atoms with E-state index in [2.05, 4.69) is 14.0 Å². The van der Waals surface area contributed by atoms with Gasteiger partial charge in [-0.1, -0.05) is 6.92 Å². The first-order valence-corrected chi connectivity index (χ1v) is 4.18. The van der Waals surface area contributed by atoms with Crippen LogP contribution in [0.2, 0.25) is 0 Å². The standard InChI is InChI=1S/C8H18NO/c1-3-4-9(2)5-7-10-8-6-9/h3-8H2,1-2H3/q+1. The third kappa shape index (κ3) is 1.96. The van der Waals surface area contributed by atoms with Crippen LogP contribution in [-0.2, 0) is 4.74 Å². The van der Waals surface area contributed by atoms with Crippen molar-refractivity contribution < 1.29 is 9.22 Å². The van der Waals surface area contributed by atoms with E-state index >= 15 is 0 Å². The van der Waals surface area contributed by atoms with Gasteiger partial charge in [0.05, 0.1) is 26.8 Å². The summed E-state index contributed by atoms with van der Waals surface area (Å²) in [6.45, 7) is 7.87. The molecular weight excluding hydrogens is 126 g/mol. The van der Waals surface area contributed by atoms with E-state index in [1.807, 2.05) is 0 Å². The Hall–Kier alpha value is -0.0800. The van der Waals surface area contributed by atoms with E-state index in [9.17, 15) is 0 Å². The zero-order valence-corrected chi connectivity index (χ0v) is 7.10. The minimum atomic E-state index is 0.955. The van der Waals surface area contributed by atoms with Gasteiger partial charge in [0.25, 0.3) is 0 Å². The van der Waals surface area contributed by atoms with Crippen molar-refractivity contribution >= 4 is 0 Å². The van der Waals surface area contributed by atoms with Gasteiger partial charge in [0.15, 0.2) is 0 Å². The van der Waals surface area contributed by atoms with Crippen LogP contribution in [0, 0.1) is 0 Å². The van der Waals surface area contributed by atoms with E-state index in [-0.39, 0.29) is 0 Å². The molecule has 10 heavy (non-hydrogen) atoms. The third-order valence-corrected chi connectivity index (χ3v) is 2.31.